The lowest BCUT2D eigenvalue weighted by molar-refractivity contribution is -0.138. The molecule has 0 saturated carbocycles. The minimum atomic E-state index is -0.611. The topological polar surface area (TPSA) is 38.8 Å². The largest absolute Gasteiger partial charge is 0.493 e. The molecule has 0 bridgehead atoms. The van der Waals surface area contributed by atoms with Gasteiger partial charge in [0.2, 0.25) is 5.91 Å². The Morgan fingerprint density at radius 1 is 1.21 bits per heavy atom. The Kier molecular flexibility index (Phi) is 6.68. The zero-order valence-corrected chi connectivity index (χ0v) is 18.1. The SMILES string of the molecule is CCC(CC)C(=O)N1CCc2cc(OC)c(OC)cc2[C@H]1c1c(F)cccc1Cl. The fraction of sp³-hybridized carbons (Fsp3) is 0.435. The monoisotopic (exact) mass is 419 g/mol. The molecule has 29 heavy (non-hydrogen) atoms. The van der Waals surface area contributed by atoms with Gasteiger partial charge in [-0.25, -0.2) is 4.39 Å². The highest BCUT2D eigenvalue weighted by Gasteiger charge is 2.37. The van der Waals surface area contributed by atoms with Crippen molar-refractivity contribution in [3.05, 3.63) is 57.9 Å². The van der Waals surface area contributed by atoms with E-state index in [1.165, 1.54) is 6.07 Å². The van der Waals surface area contributed by atoms with Crippen LogP contribution >= 0.6 is 11.6 Å². The van der Waals surface area contributed by atoms with Crippen molar-refractivity contribution in [1.82, 2.24) is 4.90 Å². The van der Waals surface area contributed by atoms with Crippen LogP contribution in [0.15, 0.2) is 30.3 Å². The van der Waals surface area contributed by atoms with E-state index in [-0.39, 0.29) is 11.8 Å². The fourth-order valence-corrected chi connectivity index (χ4v) is 4.41. The summed E-state index contributed by atoms with van der Waals surface area (Å²) < 4.78 is 25.9. The second kappa shape index (κ2) is 9.04. The van der Waals surface area contributed by atoms with E-state index >= 15 is 0 Å². The maximum atomic E-state index is 15.0. The number of ether oxygens (including phenoxy) is 2. The van der Waals surface area contributed by atoms with Gasteiger partial charge in [-0.05, 0) is 54.7 Å². The molecule has 0 N–H and O–H groups in total. The lowest BCUT2D eigenvalue weighted by Gasteiger charge is -2.40. The molecule has 156 valence electrons. The van der Waals surface area contributed by atoms with Gasteiger partial charge in [-0.3, -0.25) is 4.79 Å². The van der Waals surface area contributed by atoms with Crippen LogP contribution in [-0.2, 0) is 11.2 Å². The van der Waals surface area contributed by atoms with Gasteiger partial charge in [-0.1, -0.05) is 31.5 Å². The maximum Gasteiger partial charge on any atom is 0.226 e. The number of rotatable bonds is 6. The Morgan fingerprint density at radius 3 is 2.45 bits per heavy atom. The second-order valence-electron chi connectivity index (χ2n) is 7.24. The molecule has 3 rings (SSSR count). The summed E-state index contributed by atoms with van der Waals surface area (Å²) in [4.78, 5) is 15.1. The molecule has 1 amide bonds. The van der Waals surface area contributed by atoms with E-state index in [2.05, 4.69) is 0 Å². The smallest absolute Gasteiger partial charge is 0.226 e. The van der Waals surface area contributed by atoms with Gasteiger partial charge < -0.3 is 14.4 Å². The Morgan fingerprint density at radius 2 is 1.86 bits per heavy atom. The Labute approximate surface area is 176 Å². The van der Waals surface area contributed by atoms with E-state index in [9.17, 15) is 9.18 Å². The van der Waals surface area contributed by atoms with E-state index in [1.54, 1.807) is 31.3 Å². The quantitative estimate of drug-likeness (QED) is 0.628. The molecule has 1 aliphatic rings. The minimum absolute atomic E-state index is 0.0276. The standard InChI is InChI=1S/C23H27ClFNO3/c1-5-14(6-2)23(27)26-11-10-15-12-19(28-3)20(29-4)13-16(15)22(26)21-17(24)8-7-9-18(21)25/h7-9,12-14,22H,5-6,10-11H2,1-4H3/t22-/m0/s1. The van der Waals surface area contributed by atoms with Crippen molar-refractivity contribution < 1.29 is 18.7 Å². The van der Waals surface area contributed by atoms with E-state index in [1.807, 2.05) is 26.0 Å². The fourth-order valence-electron chi connectivity index (χ4n) is 4.14. The highest BCUT2D eigenvalue weighted by Crippen LogP contribution is 2.44. The first-order valence-corrected chi connectivity index (χ1v) is 10.3. The number of hydrogen-bond donors (Lipinski definition) is 0. The summed E-state index contributed by atoms with van der Waals surface area (Å²) in [6, 6.07) is 7.76. The lowest BCUT2D eigenvalue weighted by Crippen LogP contribution is -2.44. The average Bonchev–Trinajstić information content (AvgIpc) is 2.73. The minimum Gasteiger partial charge on any atom is -0.493 e. The molecule has 0 radical (unpaired) electrons. The van der Waals surface area contributed by atoms with Gasteiger partial charge in [0.15, 0.2) is 11.5 Å². The first-order valence-electron chi connectivity index (χ1n) is 9.95. The number of halogens is 2. The number of methoxy groups -OCH3 is 2. The molecule has 2 aromatic carbocycles. The molecule has 0 unspecified atom stereocenters. The van der Waals surface area contributed by atoms with Crippen molar-refractivity contribution in [1.29, 1.82) is 0 Å². The van der Waals surface area contributed by atoms with Crippen LogP contribution in [0.25, 0.3) is 0 Å². The third kappa shape index (κ3) is 3.93. The zero-order chi connectivity index (χ0) is 21.1. The molecule has 0 aliphatic carbocycles. The van der Waals surface area contributed by atoms with Gasteiger partial charge in [0.05, 0.1) is 20.3 Å². The molecule has 1 heterocycles. The number of fused-ring (bicyclic) bond motifs is 1. The summed E-state index contributed by atoms with van der Waals surface area (Å²) in [5, 5.41) is 0.306. The Hall–Kier alpha value is -2.27. The summed E-state index contributed by atoms with van der Waals surface area (Å²) >= 11 is 6.44. The van der Waals surface area contributed by atoms with Gasteiger partial charge in [0, 0.05) is 23.0 Å². The molecule has 1 aliphatic heterocycles. The molecule has 0 saturated heterocycles. The molecule has 2 aromatic rings. The van der Waals surface area contributed by atoms with E-state index in [0.717, 1.165) is 24.0 Å². The van der Waals surface area contributed by atoms with E-state index < -0.39 is 11.9 Å². The molecular weight excluding hydrogens is 393 g/mol. The predicted molar refractivity (Wildman–Crippen MR) is 112 cm³/mol. The highest BCUT2D eigenvalue weighted by atomic mass is 35.5. The molecular formula is C23H27ClFNO3. The molecule has 0 fully saturated rings. The molecule has 1 atom stereocenters. The Balaban J connectivity index is 2.22. The van der Waals surface area contributed by atoms with Gasteiger partial charge in [-0.15, -0.1) is 0 Å². The number of benzene rings is 2. The van der Waals surface area contributed by atoms with Crippen LogP contribution in [0.2, 0.25) is 5.02 Å². The number of carbonyl (C=O) groups is 1. The van der Waals surface area contributed by atoms with Crippen LogP contribution in [0.1, 0.15) is 49.4 Å². The summed E-state index contributed by atoms with van der Waals surface area (Å²) in [5.74, 6) is 0.655. The van der Waals surface area contributed by atoms with E-state index in [0.29, 0.717) is 35.1 Å². The molecule has 6 heteroatoms. The van der Waals surface area contributed by atoms with Crippen LogP contribution in [-0.4, -0.2) is 31.6 Å². The number of amides is 1. The van der Waals surface area contributed by atoms with Crippen molar-refractivity contribution >= 4 is 17.5 Å². The second-order valence-corrected chi connectivity index (χ2v) is 7.65. The lowest BCUT2D eigenvalue weighted by atomic mass is 9.86. The van der Waals surface area contributed by atoms with Gasteiger partial charge in [0.1, 0.15) is 5.82 Å². The molecule has 0 spiro atoms. The molecule has 0 aromatic heterocycles. The van der Waals surface area contributed by atoms with Gasteiger partial charge in [0.25, 0.3) is 0 Å². The third-order valence-corrected chi connectivity index (χ3v) is 6.09. The number of nitrogens with zero attached hydrogens (tertiary/aromatic N) is 1. The highest BCUT2D eigenvalue weighted by molar-refractivity contribution is 6.31. The normalized spacial score (nSPS) is 16.0. The van der Waals surface area contributed by atoms with Crippen molar-refractivity contribution in [2.45, 2.75) is 39.2 Å². The van der Waals surface area contributed by atoms with Gasteiger partial charge in [-0.2, -0.15) is 0 Å². The summed E-state index contributed by atoms with van der Waals surface area (Å²) in [6.07, 6.45) is 2.13. The summed E-state index contributed by atoms with van der Waals surface area (Å²) in [6.45, 7) is 4.50. The predicted octanol–water partition coefficient (Wildman–Crippen LogP) is 5.41. The van der Waals surface area contributed by atoms with Crippen LogP contribution in [0.5, 0.6) is 11.5 Å². The van der Waals surface area contributed by atoms with Crippen molar-refractivity contribution in [2.75, 3.05) is 20.8 Å². The van der Waals surface area contributed by atoms with Crippen molar-refractivity contribution in [3.8, 4) is 11.5 Å². The Bertz CT molecular complexity index is 878. The van der Waals surface area contributed by atoms with Crippen LogP contribution in [0.3, 0.4) is 0 Å². The van der Waals surface area contributed by atoms with Crippen LogP contribution < -0.4 is 9.47 Å². The molecule has 4 nitrogen and oxygen atoms in total. The maximum absolute atomic E-state index is 15.0. The summed E-state index contributed by atoms with van der Waals surface area (Å²) in [7, 11) is 3.15. The first kappa shape index (κ1) is 21.4. The zero-order valence-electron chi connectivity index (χ0n) is 17.3. The number of carbonyl (C=O) groups excluding carboxylic acids is 1. The number of hydrogen-bond acceptors (Lipinski definition) is 3. The summed E-state index contributed by atoms with van der Waals surface area (Å²) in [5.41, 5.74) is 2.14. The van der Waals surface area contributed by atoms with Crippen molar-refractivity contribution in [2.24, 2.45) is 5.92 Å². The van der Waals surface area contributed by atoms with Crippen LogP contribution in [0, 0.1) is 11.7 Å². The van der Waals surface area contributed by atoms with E-state index in [4.69, 9.17) is 21.1 Å². The first-order chi connectivity index (χ1) is 14.0. The third-order valence-electron chi connectivity index (χ3n) is 5.76. The van der Waals surface area contributed by atoms with Gasteiger partial charge >= 0.3 is 0 Å². The van der Waals surface area contributed by atoms with Crippen molar-refractivity contribution in [3.63, 3.8) is 0 Å². The van der Waals surface area contributed by atoms with Crippen LogP contribution in [0.4, 0.5) is 4.39 Å². The average molecular weight is 420 g/mol.